The van der Waals surface area contributed by atoms with Gasteiger partial charge >= 0.3 is 0 Å². The molecule has 0 aliphatic rings. The Balaban J connectivity index is 1.27. The van der Waals surface area contributed by atoms with Gasteiger partial charge < -0.3 is 4.42 Å². The van der Waals surface area contributed by atoms with E-state index in [4.69, 9.17) is 14.4 Å². The fourth-order valence-corrected chi connectivity index (χ4v) is 7.45. The first-order valence-corrected chi connectivity index (χ1v) is 17.9. The summed E-state index contributed by atoms with van der Waals surface area (Å²) in [7, 11) is 0. The van der Waals surface area contributed by atoms with Crippen LogP contribution in [0.15, 0.2) is 199 Å². The summed E-state index contributed by atoms with van der Waals surface area (Å²) in [4.78, 5) is 10.3. The number of benzene rings is 8. The Morgan fingerprint density at radius 2 is 0.868 bits per heavy atom. The number of hydrogen-bond donors (Lipinski definition) is 0. The molecule has 10 rings (SSSR count). The third kappa shape index (κ3) is 5.65. The predicted octanol–water partition coefficient (Wildman–Crippen LogP) is 13.5. The van der Waals surface area contributed by atoms with Crippen LogP contribution in [0.1, 0.15) is 0 Å². The normalized spacial score (nSPS) is 11.4. The molecule has 8 aromatic carbocycles. The van der Waals surface area contributed by atoms with Gasteiger partial charge in [0.1, 0.15) is 11.2 Å². The number of aromatic nitrogens is 2. The van der Waals surface area contributed by atoms with E-state index in [9.17, 15) is 0 Å². The van der Waals surface area contributed by atoms with Crippen molar-refractivity contribution in [1.29, 1.82) is 0 Å². The van der Waals surface area contributed by atoms with Crippen molar-refractivity contribution < 1.29 is 4.42 Å². The van der Waals surface area contributed by atoms with Gasteiger partial charge in [0.05, 0.1) is 11.4 Å². The van der Waals surface area contributed by atoms with Gasteiger partial charge in [-0.1, -0.05) is 152 Å². The molecule has 3 heteroatoms. The maximum Gasteiger partial charge on any atom is 0.160 e. The molecule has 0 aliphatic heterocycles. The van der Waals surface area contributed by atoms with Crippen LogP contribution in [0.3, 0.4) is 0 Å². The lowest BCUT2D eigenvalue weighted by atomic mass is 9.90. The molecule has 0 unspecified atom stereocenters. The summed E-state index contributed by atoms with van der Waals surface area (Å²) >= 11 is 0. The first-order chi connectivity index (χ1) is 26.2. The van der Waals surface area contributed by atoms with Gasteiger partial charge in [0.15, 0.2) is 5.82 Å². The fourth-order valence-electron chi connectivity index (χ4n) is 7.45. The Kier molecular flexibility index (Phi) is 7.47. The molecule has 2 heterocycles. The van der Waals surface area contributed by atoms with E-state index >= 15 is 0 Å². The van der Waals surface area contributed by atoms with Crippen molar-refractivity contribution in [2.24, 2.45) is 0 Å². The first-order valence-electron chi connectivity index (χ1n) is 17.9. The maximum atomic E-state index is 6.83. The summed E-state index contributed by atoms with van der Waals surface area (Å²) in [5.41, 5.74) is 13.2. The zero-order valence-electron chi connectivity index (χ0n) is 28.8. The molecule has 2 aromatic heterocycles. The van der Waals surface area contributed by atoms with E-state index in [-0.39, 0.29) is 0 Å². The lowest BCUT2D eigenvalue weighted by molar-refractivity contribution is 0.673. The Bertz CT molecular complexity index is 2860. The lowest BCUT2D eigenvalue weighted by Gasteiger charge is -2.15. The molecule has 0 saturated carbocycles. The molecule has 0 bridgehead atoms. The zero-order chi connectivity index (χ0) is 35.1. The average molecular weight is 677 g/mol. The highest BCUT2D eigenvalue weighted by Gasteiger charge is 2.19. The van der Waals surface area contributed by atoms with Crippen LogP contribution in [-0.2, 0) is 0 Å². The van der Waals surface area contributed by atoms with Crippen LogP contribution in [0.5, 0.6) is 0 Å². The van der Waals surface area contributed by atoms with Gasteiger partial charge in [0.2, 0.25) is 0 Å². The molecule has 0 N–H and O–H groups in total. The number of rotatable bonds is 6. The third-order valence-corrected chi connectivity index (χ3v) is 10.0. The van der Waals surface area contributed by atoms with Gasteiger partial charge in [0.25, 0.3) is 0 Å². The summed E-state index contributed by atoms with van der Waals surface area (Å²) in [5, 5.41) is 4.46. The van der Waals surface area contributed by atoms with Crippen molar-refractivity contribution >= 4 is 32.7 Å². The van der Waals surface area contributed by atoms with Crippen LogP contribution in [0.25, 0.3) is 100.0 Å². The predicted molar refractivity (Wildman–Crippen MR) is 219 cm³/mol. The van der Waals surface area contributed by atoms with E-state index < -0.39 is 0 Å². The number of fused-ring (bicyclic) bond motifs is 5. The largest absolute Gasteiger partial charge is 0.455 e. The first kappa shape index (κ1) is 30.7. The molecule has 248 valence electrons. The second-order valence-electron chi connectivity index (χ2n) is 13.4. The summed E-state index contributed by atoms with van der Waals surface area (Å²) in [6.07, 6.45) is 0. The Labute approximate surface area is 307 Å². The van der Waals surface area contributed by atoms with E-state index in [0.29, 0.717) is 5.82 Å². The summed E-state index contributed by atoms with van der Waals surface area (Å²) < 4.78 is 6.83. The maximum absolute atomic E-state index is 6.83. The summed E-state index contributed by atoms with van der Waals surface area (Å²) in [5.74, 6) is 0.690. The molecule has 10 aromatic rings. The molecular weight excluding hydrogens is 645 g/mol. The topological polar surface area (TPSA) is 38.9 Å². The summed E-state index contributed by atoms with van der Waals surface area (Å²) in [6, 6.07) is 68.0. The summed E-state index contributed by atoms with van der Waals surface area (Å²) in [6.45, 7) is 0. The van der Waals surface area contributed by atoms with Crippen LogP contribution >= 0.6 is 0 Å². The minimum absolute atomic E-state index is 0.690. The Morgan fingerprint density at radius 1 is 0.340 bits per heavy atom. The lowest BCUT2D eigenvalue weighted by Crippen LogP contribution is -1.96. The van der Waals surface area contributed by atoms with Crippen molar-refractivity contribution in [2.45, 2.75) is 0 Å². The highest BCUT2D eigenvalue weighted by molar-refractivity contribution is 6.20. The average Bonchev–Trinajstić information content (AvgIpc) is 3.63. The molecule has 0 saturated heterocycles. The van der Waals surface area contributed by atoms with Crippen molar-refractivity contribution in [3.63, 3.8) is 0 Å². The monoisotopic (exact) mass is 676 g/mol. The van der Waals surface area contributed by atoms with Gasteiger partial charge in [-0.25, -0.2) is 9.97 Å². The Morgan fingerprint density at radius 3 is 1.55 bits per heavy atom. The van der Waals surface area contributed by atoms with E-state index in [1.54, 1.807) is 0 Å². The fraction of sp³-hybridized carbons (Fsp3) is 0. The number of hydrogen-bond acceptors (Lipinski definition) is 3. The van der Waals surface area contributed by atoms with E-state index in [1.165, 1.54) is 0 Å². The van der Waals surface area contributed by atoms with Crippen LogP contribution in [0.4, 0.5) is 0 Å². The number of nitrogens with zero attached hydrogens (tertiary/aromatic N) is 2. The van der Waals surface area contributed by atoms with Crippen molar-refractivity contribution in [3.05, 3.63) is 194 Å². The molecule has 0 amide bonds. The molecular formula is C50H32N2O. The molecule has 3 nitrogen and oxygen atoms in total. The minimum atomic E-state index is 0.690. The van der Waals surface area contributed by atoms with Gasteiger partial charge in [0, 0.05) is 32.8 Å². The second-order valence-corrected chi connectivity index (χ2v) is 13.4. The van der Waals surface area contributed by atoms with Crippen LogP contribution in [-0.4, -0.2) is 9.97 Å². The van der Waals surface area contributed by atoms with Gasteiger partial charge in [-0.3, -0.25) is 0 Å². The van der Waals surface area contributed by atoms with Gasteiger partial charge in [-0.05, 0) is 81.2 Å². The van der Waals surface area contributed by atoms with E-state index in [2.05, 4.69) is 170 Å². The molecule has 0 spiro atoms. The van der Waals surface area contributed by atoms with Crippen LogP contribution in [0.2, 0.25) is 0 Å². The second kappa shape index (κ2) is 12.9. The van der Waals surface area contributed by atoms with E-state index in [0.717, 1.165) is 94.2 Å². The molecule has 0 radical (unpaired) electrons. The highest BCUT2D eigenvalue weighted by atomic mass is 16.3. The SMILES string of the molecule is c1ccc(-c2cc(-c3cc(-c4ccccc4)nc(-c4ccccc4)n3)cc(-c3cc(-c4ccccc4)cc4oc5c6ccccc6ccc5c34)c2)cc1. The molecule has 0 fully saturated rings. The highest BCUT2D eigenvalue weighted by Crippen LogP contribution is 2.44. The van der Waals surface area contributed by atoms with Crippen molar-refractivity contribution in [1.82, 2.24) is 9.97 Å². The van der Waals surface area contributed by atoms with Crippen LogP contribution < -0.4 is 0 Å². The Hall–Kier alpha value is -7.10. The number of furan rings is 1. The van der Waals surface area contributed by atoms with E-state index in [1.807, 2.05) is 24.3 Å². The van der Waals surface area contributed by atoms with Crippen molar-refractivity contribution in [3.8, 4) is 67.3 Å². The van der Waals surface area contributed by atoms with Gasteiger partial charge in [-0.15, -0.1) is 0 Å². The van der Waals surface area contributed by atoms with Crippen LogP contribution in [0, 0.1) is 0 Å². The van der Waals surface area contributed by atoms with Gasteiger partial charge in [-0.2, -0.15) is 0 Å². The minimum Gasteiger partial charge on any atom is -0.455 e. The molecule has 53 heavy (non-hydrogen) atoms. The standard InChI is InChI=1S/C50H32N2O/c1-5-15-33(16-6-1)38-27-40(29-41(28-38)46-32-45(36-20-9-3-10-21-36)51-50(52-46)37-22-11-4-12-23-37)44-30-39(34-17-7-2-8-18-34)31-47-48(44)43-26-25-35-19-13-14-24-42(35)49(43)53-47/h1-32H. The molecule has 0 atom stereocenters. The quantitative estimate of drug-likeness (QED) is 0.176. The third-order valence-electron chi connectivity index (χ3n) is 10.0. The smallest absolute Gasteiger partial charge is 0.160 e. The molecule has 0 aliphatic carbocycles. The zero-order valence-corrected chi connectivity index (χ0v) is 28.8. The van der Waals surface area contributed by atoms with Crippen molar-refractivity contribution in [2.75, 3.05) is 0 Å².